The minimum atomic E-state index is -1.12. The molecule has 1 aliphatic heterocycles. The molecule has 0 aromatic heterocycles. The zero-order chi connectivity index (χ0) is 14.9. The van der Waals surface area contributed by atoms with Gasteiger partial charge >= 0.3 is 0 Å². The first-order valence-electron chi connectivity index (χ1n) is 6.81. The van der Waals surface area contributed by atoms with Crippen LogP contribution in [-0.2, 0) is 4.74 Å². The molecule has 1 heterocycles. The SMILES string of the molecule is COC1=C(C[C@H](O)C(C)(C)O)CN(C)c2ccccc21. The highest BCUT2D eigenvalue weighted by molar-refractivity contribution is 5.79. The van der Waals surface area contributed by atoms with Gasteiger partial charge in [-0.05, 0) is 31.6 Å². The van der Waals surface area contributed by atoms with Gasteiger partial charge < -0.3 is 19.8 Å². The van der Waals surface area contributed by atoms with Gasteiger partial charge in [0.05, 0.1) is 18.8 Å². The molecule has 0 bridgehead atoms. The maximum absolute atomic E-state index is 10.1. The number of methoxy groups -OCH3 is 1. The highest BCUT2D eigenvalue weighted by Gasteiger charge is 2.30. The number of aliphatic hydroxyl groups excluding tert-OH is 1. The van der Waals surface area contributed by atoms with Crippen molar-refractivity contribution in [3.8, 4) is 0 Å². The molecule has 1 aliphatic rings. The molecule has 1 atom stereocenters. The van der Waals surface area contributed by atoms with Crippen LogP contribution in [0.1, 0.15) is 25.8 Å². The number of rotatable bonds is 4. The van der Waals surface area contributed by atoms with Gasteiger partial charge in [-0.2, -0.15) is 0 Å². The third kappa shape index (κ3) is 2.81. The molecule has 0 unspecified atom stereocenters. The van der Waals surface area contributed by atoms with Gasteiger partial charge in [0.1, 0.15) is 5.76 Å². The van der Waals surface area contributed by atoms with E-state index in [9.17, 15) is 10.2 Å². The van der Waals surface area contributed by atoms with Crippen molar-refractivity contribution >= 4 is 11.4 Å². The zero-order valence-corrected chi connectivity index (χ0v) is 12.6. The second kappa shape index (κ2) is 5.46. The van der Waals surface area contributed by atoms with Crippen LogP contribution in [-0.4, -0.2) is 42.6 Å². The molecule has 4 nitrogen and oxygen atoms in total. The van der Waals surface area contributed by atoms with E-state index in [1.165, 1.54) is 0 Å². The maximum Gasteiger partial charge on any atom is 0.129 e. The van der Waals surface area contributed by atoms with E-state index in [1.54, 1.807) is 21.0 Å². The lowest BCUT2D eigenvalue weighted by atomic mass is 9.91. The molecule has 1 aromatic rings. The Morgan fingerprint density at radius 3 is 2.60 bits per heavy atom. The number of aliphatic hydroxyl groups is 2. The van der Waals surface area contributed by atoms with Crippen LogP contribution < -0.4 is 4.90 Å². The van der Waals surface area contributed by atoms with Crippen LogP contribution in [0, 0.1) is 0 Å². The van der Waals surface area contributed by atoms with Crippen molar-refractivity contribution in [2.24, 2.45) is 0 Å². The van der Waals surface area contributed by atoms with Crippen LogP contribution in [0.5, 0.6) is 0 Å². The molecule has 20 heavy (non-hydrogen) atoms. The first kappa shape index (κ1) is 14.9. The Labute approximate surface area is 120 Å². The Morgan fingerprint density at radius 1 is 1.35 bits per heavy atom. The molecule has 0 amide bonds. The van der Waals surface area contributed by atoms with Crippen LogP contribution in [0.2, 0.25) is 0 Å². The lowest BCUT2D eigenvalue weighted by molar-refractivity contribution is -0.0471. The molecule has 0 fully saturated rings. The number of anilines is 1. The predicted octanol–water partition coefficient (Wildman–Crippen LogP) is 2.02. The summed E-state index contributed by atoms with van der Waals surface area (Å²) in [5, 5.41) is 20.0. The fourth-order valence-corrected chi connectivity index (χ4v) is 2.53. The molecule has 0 radical (unpaired) electrons. The van der Waals surface area contributed by atoms with E-state index in [4.69, 9.17) is 4.74 Å². The Kier molecular flexibility index (Phi) is 4.06. The first-order valence-corrected chi connectivity index (χ1v) is 6.81. The summed E-state index contributed by atoms with van der Waals surface area (Å²) in [6.07, 6.45) is -0.424. The summed E-state index contributed by atoms with van der Waals surface area (Å²) in [5.74, 6) is 0.807. The third-order valence-electron chi connectivity index (χ3n) is 3.77. The number of ether oxygens (including phenoxy) is 1. The van der Waals surface area contributed by atoms with Gasteiger partial charge in [-0.3, -0.25) is 0 Å². The van der Waals surface area contributed by atoms with E-state index in [2.05, 4.69) is 11.0 Å². The predicted molar refractivity (Wildman–Crippen MR) is 80.6 cm³/mol. The molecule has 0 aliphatic carbocycles. The lowest BCUT2D eigenvalue weighted by Gasteiger charge is -2.33. The monoisotopic (exact) mass is 277 g/mol. The lowest BCUT2D eigenvalue weighted by Crippen LogP contribution is -2.38. The van der Waals surface area contributed by atoms with E-state index < -0.39 is 11.7 Å². The zero-order valence-electron chi connectivity index (χ0n) is 12.6. The number of benzene rings is 1. The summed E-state index contributed by atoms with van der Waals surface area (Å²) in [6, 6.07) is 8.04. The third-order valence-corrected chi connectivity index (χ3v) is 3.77. The fourth-order valence-electron chi connectivity index (χ4n) is 2.53. The number of likely N-dealkylation sites (N-methyl/N-ethyl adjacent to an activating group) is 1. The van der Waals surface area contributed by atoms with Gasteiger partial charge in [-0.25, -0.2) is 0 Å². The minimum absolute atomic E-state index is 0.394. The first-order chi connectivity index (χ1) is 9.34. The smallest absolute Gasteiger partial charge is 0.129 e. The molecular formula is C16H23NO3. The van der Waals surface area contributed by atoms with Crippen molar-refractivity contribution in [3.05, 3.63) is 35.4 Å². The number of para-hydroxylation sites is 1. The average molecular weight is 277 g/mol. The molecule has 2 rings (SSSR count). The van der Waals surface area contributed by atoms with E-state index >= 15 is 0 Å². The Bertz CT molecular complexity index is 517. The van der Waals surface area contributed by atoms with Crippen molar-refractivity contribution in [1.82, 2.24) is 0 Å². The average Bonchev–Trinajstić information content (AvgIpc) is 2.38. The van der Waals surface area contributed by atoms with E-state index in [-0.39, 0.29) is 0 Å². The van der Waals surface area contributed by atoms with Gasteiger partial charge in [-0.1, -0.05) is 12.1 Å². The maximum atomic E-state index is 10.1. The van der Waals surface area contributed by atoms with Crippen LogP contribution in [0.15, 0.2) is 29.8 Å². The van der Waals surface area contributed by atoms with Crippen LogP contribution in [0.25, 0.3) is 5.76 Å². The summed E-state index contributed by atoms with van der Waals surface area (Å²) in [7, 11) is 3.66. The summed E-state index contributed by atoms with van der Waals surface area (Å²) in [4.78, 5) is 2.13. The van der Waals surface area contributed by atoms with Crippen molar-refractivity contribution < 1.29 is 14.9 Å². The number of nitrogens with zero attached hydrogens (tertiary/aromatic N) is 1. The van der Waals surface area contributed by atoms with E-state index in [0.29, 0.717) is 13.0 Å². The molecular weight excluding hydrogens is 254 g/mol. The Hall–Kier alpha value is -1.52. The van der Waals surface area contributed by atoms with Gasteiger partial charge in [-0.15, -0.1) is 0 Å². The Balaban J connectivity index is 2.39. The topological polar surface area (TPSA) is 52.9 Å². The molecule has 110 valence electrons. The molecule has 0 saturated carbocycles. The molecule has 4 heteroatoms. The molecule has 0 spiro atoms. The minimum Gasteiger partial charge on any atom is -0.496 e. The quantitative estimate of drug-likeness (QED) is 0.884. The number of hydrogen-bond acceptors (Lipinski definition) is 4. The van der Waals surface area contributed by atoms with Crippen molar-refractivity contribution in [3.63, 3.8) is 0 Å². The van der Waals surface area contributed by atoms with Crippen molar-refractivity contribution in [2.75, 3.05) is 25.6 Å². The van der Waals surface area contributed by atoms with Crippen molar-refractivity contribution in [2.45, 2.75) is 32.0 Å². The highest BCUT2D eigenvalue weighted by Crippen LogP contribution is 2.36. The molecule has 0 saturated heterocycles. The second-order valence-corrected chi connectivity index (χ2v) is 5.88. The second-order valence-electron chi connectivity index (χ2n) is 5.88. The standard InChI is InChI=1S/C16H23NO3/c1-16(2,19)14(18)9-11-10-17(3)13-8-6-5-7-12(13)15(11)20-4/h5-8,14,18-19H,9-10H2,1-4H3/t14-/m0/s1. The summed E-state index contributed by atoms with van der Waals surface area (Å²) in [6.45, 7) is 3.92. The largest absolute Gasteiger partial charge is 0.496 e. The van der Waals surface area contributed by atoms with Crippen LogP contribution in [0.4, 0.5) is 5.69 Å². The Morgan fingerprint density at radius 2 is 2.00 bits per heavy atom. The van der Waals surface area contributed by atoms with Gasteiger partial charge in [0.25, 0.3) is 0 Å². The highest BCUT2D eigenvalue weighted by atomic mass is 16.5. The van der Waals surface area contributed by atoms with Crippen LogP contribution >= 0.6 is 0 Å². The molecule has 2 N–H and O–H groups in total. The van der Waals surface area contributed by atoms with Gasteiger partial charge in [0, 0.05) is 31.3 Å². The number of fused-ring (bicyclic) bond motifs is 1. The number of hydrogen-bond donors (Lipinski definition) is 2. The summed E-state index contributed by atoms with van der Waals surface area (Å²) >= 11 is 0. The fraction of sp³-hybridized carbons (Fsp3) is 0.500. The molecule has 1 aromatic carbocycles. The van der Waals surface area contributed by atoms with Crippen LogP contribution in [0.3, 0.4) is 0 Å². The van der Waals surface area contributed by atoms with E-state index in [1.807, 2.05) is 25.2 Å². The van der Waals surface area contributed by atoms with Crippen molar-refractivity contribution in [1.29, 1.82) is 0 Å². The van der Waals surface area contributed by atoms with Gasteiger partial charge in [0.15, 0.2) is 0 Å². The van der Waals surface area contributed by atoms with Gasteiger partial charge in [0.2, 0.25) is 0 Å². The normalized spacial score (nSPS) is 17.0. The summed E-state index contributed by atoms with van der Waals surface area (Å²) < 4.78 is 5.55. The summed E-state index contributed by atoms with van der Waals surface area (Å²) in [5.41, 5.74) is 2.03. The van der Waals surface area contributed by atoms with E-state index in [0.717, 1.165) is 22.6 Å².